The number of piperidine rings is 1. The lowest BCUT2D eigenvalue weighted by molar-refractivity contribution is -0.138. The summed E-state index contributed by atoms with van der Waals surface area (Å²) >= 11 is 0. The summed E-state index contributed by atoms with van der Waals surface area (Å²) in [6, 6.07) is 12.3. The van der Waals surface area contributed by atoms with Crippen LogP contribution < -0.4 is 20.7 Å². The van der Waals surface area contributed by atoms with E-state index in [9.17, 15) is 18.0 Å². The first kappa shape index (κ1) is 27.5. The highest BCUT2D eigenvalue weighted by Crippen LogP contribution is 2.33. The molecule has 1 fully saturated rings. The first-order chi connectivity index (χ1) is 18.3. The lowest BCUT2D eigenvalue weighted by atomic mass is 9.99. The molecule has 2 aromatic carbocycles. The highest BCUT2D eigenvalue weighted by atomic mass is 19.4. The van der Waals surface area contributed by atoms with Crippen molar-refractivity contribution in [3.8, 4) is 11.6 Å². The van der Waals surface area contributed by atoms with Crippen molar-refractivity contribution < 1.29 is 27.4 Å². The van der Waals surface area contributed by atoms with Crippen LogP contribution in [0.3, 0.4) is 0 Å². The monoisotopic (exact) mass is 531 g/mol. The molecular weight excluding hydrogens is 499 g/mol. The number of para-hydroxylation sites is 1. The number of nitrogens with one attached hydrogen (secondary N) is 3. The number of hydrogen-bond donors (Lipinski definition) is 3. The van der Waals surface area contributed by atoms with Crippen molar-refractivity contribution in [2.24, 2.45) is 5.92 Å². The minimum atomic E-state index is -4.55. The number of halogens is 3. The van der Waals surface area contributed by atoms with Gasteiger partial charge in [0.2, 0.25) is 5.88 Å². The number of hydrogen-bond acceptors (Lipinski definition) is 5. The van der Waals surface area contributed by atoms with Crippen molar-refractivity contribution in [3.05, 3.63) is 70.8 Å². The second-order valence-electron chi connectivity index (χ2n) is 9.26. The lowest BCUT2D eigenvalue weighted by Crippen LogP contribution is -2.30. The van der Waals surface area contributed by atoms with Crippen molar-refractivity contribution in [2.45, 2.75) is 39.1 Å². The van der Waals surface area contributed by atoms with Gasteiger partial charge >= 0.3 is 12.2 Å². The standard InChI is InChI=1S/C27H32F3N5O3/c1-18-24(33-26(36)32-15-21-14-20(16-37-2)8-9-23(21)27(28,29)30)35(22-6-4-3-5-7-22)34-25(18)38-17-19-10-12-31-13-11-19/h3-9,14,19,31H,10-13,15-17H2,1-2H3,(H2,32,33,36). The van der Waals surface area contributed by atoms with Gasteiger partial charge in [-0.1, -0.05) is 30.3 Å². The number of methoxy groups -OCH3 is 1. The summed E-state index contributed by atoms with van der Waals surface area (Å²) in [5.41, 5.74) is 1.04. The van der Waals surface area contributed by atoms with E-state index in [1.807, 2.05) is 30.3 Å². The zero-order valence-corrected chi connectivity index (χ0v) is 21.4. The van der Waals surface area contributed by atoms with Gasteiger partial charge in [0.1, 0.15) is 5.82 Å². The first-order valence-corrected chi connectivity index (χ1v) is 12.5. The molecule has 204 valence electrons. The molecule has 0 aliphatic carbocycles. The summed E-state index contributed by atoms with van der Waals surface area (Å²) in [6.45, 7) is 4.03. The predicted molar refractivity (Wildman–Crippen MR) is 137 cm³/mol. The van der Waals surface area contributed by atoms with Gasteiger partial charge in [0.25, 0.3) is 0 Å². The smallest absolute Gasteiger partial charge is 0.416 e. The summed E-state index contributed by atoms with van der Waals surface area (Å²) < 4.78 is 53.3. The van der Waals surface area contributed by atoms with Gasteiger partial charge in [0, 0.05) is 13.7 Å². The average molecular weight is 532 g/mol. The molecule has 0 radical (unpaired) electrons. The van der Waals surface area contributed by atoms with E-state index in [4.69, 9.17) is 9.47 Å². The largest absolute Gasteiger partial charge is 0.476 e. The molecule has 0 spiro atoms. The molecule has 0 bridgehead atoms. The van der Waals surface area contributed by atoms with Crippen molar-refractivity contribution in [3.63, 3.8) is 0 Å². The molecule has 0 unspecified atom stereocenters. The van der Waals surface area contributed by atoms with E-state index in [0.29, 0.717) is 41.0 Å². The Morgan fingerprint density at radius 2 is 1.89 bits per heavy atom. The Kier molecular flexibility index (Phi) is 8.90. The predicted octanol–water partition coefficient (Wildman–Crippen LogP) is 5.05. The Morgan fingerprint density at radius 1 is 1.16 bits per heavy atom. The zero-order chi connectivity index (χ0) is 27.1. The number of carbonyl (C=O) groups is 1. The number of rotatable bonds is 9. The van der Waals surface area contributed by atoms with Crippen molar-refractivity contribution >= 4 is 11.8 Å². The molecule has 11 heteroatoms. The van der Waals surface area contributed by atoms with Gasteiger partial charge in [-0.25, -0.2) is 9.48 Å². The molecule has 2 amide bonds. The van der Waals surface area contributed by atoms with E-state index >= 15 is 0 Å². The van der Waals surface area contributed by atoms with Crippen LogP contribution in [0.4, 0.5) is 23.8 Å². The molecule has 2 heterocycles. The average Bonchev–Trinajstić information content (AvgIpc) is 3.21. The van der Waals surface area contributed by atoms with Crippen LogP contribution in [0, 0.1) is 12.8 Å². The number of aromatic nitrogens is 2. The van der Waals surface area contributed by atoms with Crippen LogP contribution in [-0.4, -0.2) is 42.6 Å². The molecule has 1 aliphatic rings. The number of nitrogens with zero attached hydrogens (tertiary/aromatic N) is 2. The fourth-order valence-electron chi connectivity index (χ4n) is 4.41. The maximum Gasteiger partial charge on any atom is 0.416 e. The van der Waals surface area contributed by atoms with Crippen molar-refractivity contribution in [1.82, 2.24) is 20.4 Å². The summed E-state index contributed by atoms with van der Waals surface area (Å²) in [6.07, 6.45) is -2.53. The second-order valence-corrected chi connectivity index (χ2v) is 9.26. The fourth-order valence-corrected chi connectivity index (χ4v) is 4.41. The first-order valence-electron chi connectivity index (χ1n) is 12.5. The van der Waals surface area contributed by atoms with Crippen LogP contribution in [0.5, 0.6) is 5.88 Å². The third-order valence-electron chi connectivity index (χ3n) is 6.45. The molecule has 3 N–H and O–H groups in total. The van der Waals surface area contributed by atoms with Gasteiger partial charge < -0.3 is 20.1 Å². The van der Waals surface area contributed by atoms with Crippen LogP contribution >= 0.6 is 0 Å². The summed E-state index contributed by atoms with van der Waals surface area (Å²) in [7, 11) is 1.46. The van der Waals surface area contributed by atoms with E-state index in [-0.39, 0.29) is 18.7 Å². The normalized spacial score (nSPS) is 14.3. The fraction of sp³-hybridized carbons (Fsp3) is 0.407. The SMILES string of the molecule is COCc1ccc(C(F)(F)F)c(CNC(=O)Nc2c(C)c(OCC3CCNCC3)nn2-c2ccccc2)c1. The molecule has 4 rings (SSSR count). The van der Waals surface area contributed by atoms with Crippen LogP contribution in [-0.2, 0) is 24.1 Å². The molecule has 38 heavy (non-hydrogen) atoms. The topological polar surface area (TPSA) is 89.4 Å². The Bertz CT molecular complexity index is 1220. The van der Waals surface area contributed by atoms with Crippen molar-refractivity contribution in [2.75, 3.05) is 32.1 Å². The Hall–Kier alpha value is -3.57. The maximum atomic E-state index is 13.6. The van der Waals surface area contributed by atoms with E-state index in [1.165, 1.54) is 19.2 Å². The van der Waals surface area contributed by atoms with Gasteiger partial charge in [-0.2, -0.15) is 13.2 Å². The van der Waals surface area contributed by atoms with Gasteiger partial charge in [-0.3, -0.25) is 5.32 Å². The van der Waals surface area contributed by atoms with E-state index < -0.39 is 17.8 Å². The summed E-state index contributed by atoms with van der Waals surface area (Å²) in [4.78, 5) is 12.9. The van der Waals surface area contributed by atoms with Crippen LogP contribution in [0.2, 0.25) is 0 Å². The summed E-state index contributed by atoms with van der Waals surface area (Å²) in [5, 5.41) is 13.2. The Balaban J connectivity index is 1.52. The maximum absolute atomic E-state index is 13.6. The number of ether oxygens (including phenoxy) is 2. The minimum absolute atomic E-state index is 0.0542. The highest BCUT2D eigenvalue weighted by Gasteiger charge is 2.33. The Morgan fingerprint density at radius 3 is 2.58 bits per heavy atom. The highest BCUT2D eigenvalue weighted by molar-refractivity contribution is 5.89. The van der Waals surface area contributed by atoms with E-state index in [2.05, 4.69) is 21.0 Å². The molecule has 8 nitrogen and oxygen atoms in total. The molecule has 1 saturated heterocycles. The van der Waals surface area contributed by atoms with Gasteiger partial charge in [-0.05, 0) is 68.1 Å². The molecule has 1 aliphatic heterocycles. The van der Waals surface area contributed by atoms with Crippen LogP contribution in [0.1, 0.15) is 35.1 Å². The number of benzene rings is 2. The molecule has 1 aromatic heterocycles. The number of anilines is 1. The minimum Gasteiger partial charge on any atom is -0.476 e. The Labute approximate surface area is 219 Å². The van der Waals surface area contributed by atoms with Crippen molar-refractivity contribution in [1.29, 1.82) is 0 Å². The number of amides is 2. The number of alkyl halides is 3. The van der Waals surface area contributed by atoms with Gasteiger partial charge in [0.15, 0.2) is 0 Å². The third kappa shape index (κ3) is 6.84. The zero-order valence-electron chi connectivity index (χ0n) is 21.4. The lowest BCUT2D eigenvalue weighted by Gasteiger charge is -2.22. The molecule has 0 atom stereocenters. The van der Waals surface area contributed by atoms with E-state index in [0.717, 1.165) is 32.0 Å². The van der Waals surface area contributed by atoms with E-state index in [1.54, 1.807) is 11.6 Å². The molecular formula is C27H32F3N5O3. The molecule has 0 saturated carbocycles. The second kappa shape index (κ2) is 12.3. The quantitative estimate of drug-likeness (QED) is 0.360. The van der Waals surface area contributed by atoms with Gasteiger partial charge in [0.05, 0.1) is 30.0 Å². The van der Waals surface area contributed by atoms with Crippen LogP contribution in [0.15, 0.2) is 48.5 Å². The summed E-state index contributed by atoms with van der Waals surface area (Å²) in [5.74, 6) is 1.18. The molecule has 3 aromatic rings. The number of carbonyl (C=O) groups excluding carboxylic acids is 1. The van der Waals surface area contributed by atoms with Gasteiger partial charge in [-0.15, -0.1) is 5.10 Å². The third-order valence-corrected chi connectivity index (χ3v) is 6.45. The van der Waals surface area contributed by atoms with Crippen LogP contribution in [0.25, 0.3) is 5.69 Å². The number of urea groups is 1.